The molecule has 2 fully saturated rings. The van der Waals surface area contributed by atoms with Crippen molar-refractivity contribution in [1.82, 2.24) is 9.80 Å². The first-order valence-electron chi connectivity index (χ1n) is 7.74. The van der Waals surface area contributed by atoms with E-state index in [0.717, 1.165) is 26.2 Å². The fraction of sp³-hybridized carbons (Fsp3) is 0.588. The summed E-state index contributed by atoms with van der Waals surface area (Å²) >= 11 is 0. The Balaban J connectivity index is 1.55. The maximum absolute atomic E-state index is 12.1. The molecular formula is C17H24N2O2. The Kier molecular flexibility index (Phi) is 4.27. The number of carbonyl (C=O) groups excluding carboxylic acids is 1. The monoisotopic (exact) mass is 288 g/mol. The highest BCUT2D eigenvalue weighted by Gasteiger charge is 2.46. The van der Waals surface area contributed by atoms with E-state index in [1.807, 2.05) is 4.90 Å². The quantitative estimate of drug-likeness (QED) is 0.826. The number of aryl methyl sites for hydroxylation is 1. The third kappa shape index (κ3) is 2.97. The second kappa shape index (κ2) is 6.16. The maximum atomic E-state index is 12.1. The Morgan fingerprint density at radius 1 is 1.29 bits per heavy atom. The lowest BCUT2D eigenvalue weighted by Gasteiger charge is -2.43. The smallest absolute Gasteiger partial charge is 0.224 e. The second-order valence-corrected chi connectivity index (χ2v) is 6.22. The van der Waals surface area contributed by atoms with E-state index < -0.39 is 0 Å². The normalized spacial score (nSPS) is 24.8. The minimum Gasteiger partial charge on any atom is -0.384 e. The van der Waals surface area contributed by atoms with Gasteiger partial charge in [0.1, 0.15) is 0 Å². The molecule has 114 valence electrons. The lowest BCUT2D eigenvalue weighted by molar-refractivity contribution is -0.131. The van der Waals surface area contributed by atoms with Crippen molar-refractivity contribution >= 4 is 5.91 Å². The summed E-state index contributed by atoms with van der Waals surface area (Å²) in [6.07, 6.45) is 0.508. The molecule has 0 bridgehead atoms. The van der Waals surface area contributed by atoms with Crippen molar-refractivity contribution in [3.05, 3.63) is 35.4 Å². The van der Waals surface area contributed by atoms with Crippen LogP contribution in [-0.2, 0) is 16.1 Å². The Labute approximate surface area is 126 Å². The van der Waals surface area contributed by atoms with Gasteiger partial charge in [0.15, 0.2) is 0 Å². The number of benzene rings is 1. The molecule has 2 saturated heterocycles. The average Bonchev–Trinajstić information content (AvgIpc) is 2.81. The van der Waals surface area contributed by atoms with E-state index in [1.165, 1.54) is 11.1 Å². The van der Waals surface area contributed by atoms with Crippen molar-refractivity contribution in [1.29, 1.82) is 0 Å². The molecule has 3 rings (SSSR count). The summed E-state index contributed by atoms with van der Waals surface area (Å²) in [7, 11) is 1.64. The maximum Gasteiger partial charge on any atom is 0.224 e. The van der Waals surface area contributed by atoms with Gasteiger partial charge in [-0.2, -0.15) is 0 Å². The number of hydrogen-bond donors (Lipinski definition) is 0. The summed E-state index contributed by atoms with van der Waals surface area (Å²) < 4.78 is 5.00. The van der Waals surface area contributed by atoms with Crippen LogP contribution in [0.3, 0.4) is 0 Å². The minimum atomic E-state index is 0.238. The first-order valence-corrected chi connectivity index (χ1v) is 7.74. The van der Waals surface area contributed by atoms with Crippen LogP contribution in [0.25, 0.3) is 0 Å². The van der Waals surface area contributed by atoms with Crippen LogP contribution in [-0.4, -0.2) is 55.1 Å². The van der Waals surface area contributed by atoms with Crippen molar-refractivity contribution in [2.24, 2.45) is 5.92 Å². The first-order chi connectivity index (χ1) is 10.2. The van der Waals surface area contributed by atoms with Crippen molar-refractivity contribution in [3.63, 3.8) is 0 Å². The van der Waals surface area contributed by atoms with E-state index in [2.05, 4.69) is 36.1 Å². The zero-order chi connectivity index (χ0) is 14.8. The topological polar surface area (TPSA) is 32.8 Å². The minimum absolute atomic E-state index is 0.238. The molecule has 0 aliphatic carbocycles. The number of hydrogen-bond acceptors (Lipinski definition) is 3. The SMILES string of the molecule is COCCC(=O)N1CC2CN(Cc3ccccc3C)C2C1. The van der Waals surface area contributed by atoms with Crippen LogP contribution in [0.2, 0.25) is 0 Å². The van der Waals surface area contributed by atoms with Crippen LogP contribution < -0.4 is 0 Å². The molecular weight excluding hydrogens is 264 g/mol. The molecule has 4 nitrogen and oxygen atoms in total. The standard InChI is InChI=1S/C17H24N2O2/c1-13-5-3-4-6-14(13)9-18-10-15-11-19(12-16(15)18)17(20)7-8-21-2/h3-6,15-16H,7-12H2,1-2H3. The number of fused-ring (bicyclic) bond motifs is 1. The van der Waals surface area contributed by atoms with Crippen molar-refractivity contribution in [2.75, 3.05) is 33.4 Å². The second-order valence-electron chi connectivity index (χ2n) is 6.22. The molecule has 1 aromatic carbocycles. The lowest BCUT2D eigenvalue weighted by atomic mass is 9.91. The molecule has 2 aliphatic heterocycles. The number of carbonyl (C=O) groups is 1. The van der Waals surface area contributed by atoms with Gasteiger partial charge in [-0.05, 0) is 18.1 Å². The van der Waals surface area contributed by atoms with E-state index in [1.54, 1.807) is 7.11 Å². The summed E-state index contributed by atoms with van der Waals surface area (Å²) in [5, 5.41) is 0. The van der Waals surface area contributed by atoms with E-state index in [4.69, 9.17) is 4.74 Å². The summed E-state index contributed by atoms with van der Waals surface area (Å²) in [6.45, 7) is 6.64. The van der Waals surface area contributed by atoms with Gasteiger partial charge in [0, 0.05) is 45.2 Å². The predicted molar refractivity (Wildman–Crippen MR) is 81.9 cm³/mol. The first kappa shape index (κ1) is 14.5. The van der Waals surface area contributed by atoms with Gasteiger partial charge in [-0.15, -0.1) is 0 Å². The lowest BCUT2D eigenvalue weighted by Crippen LogP contribution is -2.54. The molecule has 1 amide bonds. The number of methoxy groups -OCH3 is 1. The largest absolute Gasteiger partial charge is 0.384 e. The molecule has 4 heteroatoms. The van der Waals surface area contributed by atoms with Crippen molar-refractivity contribution < 1.29 is 9.53 Å². The van der Waals surface area contributed by atoms with Gasteiger partial charge in [0.2, 0.25) is 5.91 Å². The van der Waals surface area contributed by atoms with E-state index in [0.29, 0.717) is 25.0 Å². The molecule has 1 aromatic rings. The number of amides is 1. The van der Waals surface area contributed by atoms with Gasteiger partial charge >= 0.3 is 0 Å². The van der Waals surface area contributed by atoms with Gasteiger partial charge in [-0.1, -0.05) is 24.3 Å². The van der Waals surface area contributed by atoms with Crippen molar-refractivity contribution in [2.45, 2.75) is 25.9 Å². The molecule has 21 heavy (non-hydrogen) atoms. The van der Waals surface area contributed by atoms with Gasteiger partial charge in [-0.3, -0.25) is 9.69 Å². The molecule has 2 atom stereocenters. The van der Waals surface area contributed by atoms with Crippen LogP contribution in [0.1, 0.15) is 17.5 Å². The molecule has 0 N–H and O–H groups in total. The van der Waals surface area contributed by atoms with Gasteiger partial charge < -0.3 is 9.64 Å². The van der Waals surface area contributed by atoms with Crippen molar-refractivity contribution in [3.8, 4) is 0 Å². The van der Waals surface area contributed by atoms with Crippen LogP contribution in [0, 0.1) is 12.8 Å². The zero-order valence-electron chi connectivity index (χ0n) is 12.9. The predicted octanol–water partition coefficient (Wildman–Crippen LogP) is 1.67. The third-order valence-electron chi connectivity index (χ3n) is 4.85. The van der Waals surface area contributed by atoms with Gasteiger partial charge in [0.25, 0.3) is 0 Å². The Hall–Kier alpha value is -1.39. The van der Waals surface area contributed by atoms with Crippen LogP contribution in [0.5, 0.6) is 0 Å². The van der Waals surface area contributed by atoms with Gasteiger partial charge in [0.05, 0.1) is 13.0 Å². The van der Waals surface area contributed by atoms with E-state index >= 15 is 0 Å². The third-order valence-corrected chi connectivity index (χ3v) is 4.85. The highest BCUT2D eigenvalue weighted by molar-refractivity contribution is 5.76. The van der Waals surface area contributed by atoms with Crippen LogP contribution in [0.4, 0.5) is 0 Å². The summed E-state index contributed by atoms with van der Waals surface area (Å²) in [5.74, 6) is 0.905. The van der Waals surface area contributed by atoms with Gasteiger partial charge in [-0.25, -0.2) is 0 Å². The highest BCUT2D eigenvalue weighted by atomic mass is 16.5. The fourth-order valence-corrected chi connectivity index (χ4v) is 3.49. The molecule has 0 saturated carbocycles. The number of ether oxygens (including phenoxy) is 1. The van der Waals surface area contributed by atoms with Crippen LogP contribution in [0.15, 0.2) is 24.3 Å². The Morgan fingerprint density at radius 3 is 2.86 bits per heavy atom. The summed E-state index contributed by atoms with van der Waals surface area (Å²) in [6, 6.07) is 9.12. The molecule has 2 aliphatic rings. The molecule has 2 unspecified atom stereocenters. The molecule has 0 radical (unpaired) electrons. The molecule has 0 aromatic heterocycles. The van der Waals surface area contributed by atoms with E-state index in [-0.39, 0.29) is 5.91 Å². The molecule has 0 spiro atoms. The zero-order valence-corrected chi connectivity index (χ0v) is 12.9. The summed E-state index contributed by atoms with van der Waals surface area (Å²) in [5.41, 5.74) is 2.76. The Bertz CT molecular complexity index is 517. The fourth-order valence-electron chi connectivity index (χ4n) is 3.49. The highest BCUT2D eigenvalue weighted by Crippen LogP contribution is 2.34. The number of rotatable bonds is 5. The van der Waals surface area contributed by atoms with E-state index in [9.17, 15) is 4.79 Å². The summed E-state index contributed by atoms with van der Waals surface area (Å²) in [4.78, 5) is 16.6. The molecule has 2 heterocycles. The number of likely N-dealkylation sites (tertiary alicyclic amines) is 2. The Morgan fingerprint density at radius 2 is 2.10 bits per heavy atom. The number of nitrogens with zero attached hydrogens (tertiary/aromatic N) is 2. The average molecular weight is 288 g/mol. The van der Waals surface area contributed by atoms with Crippen LogP contribution >= 0.6 is 0 Å².